The molecule has 1 aliphatic rings. The third-order valence-corrected chi connectivity index (χ3v) is 10.3. The van der Waals surface area contributed by atoms with Crippen molar-refractivity contribution < 1.29 is 18.3 Å². The van der Waals surface area contributed by atoms with Gasteiger partial charge in [0.25, 0.3) is 11.5 Å². The number of halogens is 3. The molecule has 0 aliphatic carbocycles. The van der Waals surface area contributed by atoms with Gasteiger partial charge in [0.05, 0.1) is 46.0 Å². The predicted molar refractivity (Wildman–Crippen MR) is 204 cm³/mol. The number of hydrogen-bond acceptors (Lipinski definition) is 10. The molecular formula is C39H38ClF2N7O3S. The van der Waals surface area contributed by atoms with Gasteiger partial charge in [-0.25, -0.2) is 23.5 Å². The van der Waals surface area contributed by atoms with E-state index in [1.165, 1.54) is 22.1 Å². The number of piperidine rings is 1. The quantitative estimate of drug-likeness (QED) is 0.123. The number of hydrogen-bond donors (Lipinski definition) is 0. The summed E-state index contributed by atoms with van der Waals surface area (Å²) in [6.45, 7) is 8.71. The number of thiophene rings is 1. The zero-order chi connectivity index (χ0) is 38.2. The van der Waals surface area contributed by atoms with Crippen molar-refractivity contribution in [1.29, 1.82) is 5.26 Å². The van der Waals surface area contributed by atoms with E-state index >= 15 is 0 Å². The monoisotopic (exact) mass is 757 g/mol. The Hall–Kier alpha value is -4.95. The van der Waals surface area contributed by atoms with Gasteiger partial charge in [0.2, 0.25) is 0 Å². The van der Waals surface area contributed by atoms with E-state index in [0.717, 1.165) is 22.8 Å². The number of pyridine rings is 2. The molecule has 6 rings (SSSR count). The zero-order valence-corrected chi connectivity index (χ0v) is 31.8. The number of aromatic nitrogens is 4. The minimum atomic E-state index is -2.77. The molecule has 0 amide bonds. The molecule has 0 atom stereocenters. The second-order valence-electron chi connectivity index (χ2n) is 14.2. The molecule has 274 valence electrons. The maximum atomic E-state index is 14.0. The standard InChI is InChI=1S/C39H38ClF2N7O3S/c1-23-46-31-20-45-35(47(6)26-12-16-48(17-13-26)22-39(5,41)42)29(19-43)32(31)36(50)49(23)15-7-8-24-9-10-25(40)18-28(24)27-11-14-44-33-30(21-53-34(27)33)37(51)52-38(2,3)4/h9-11,14,18,20-21,26H,12-13,15-17,22H2,1-6H3. The zero-order valence-electron chi connectivity index (χ0n) is 30.3. The van der Waals surface area contributed by atoms with Crippen LogP contribution < -0.4 is 10.5 Å². The van der Waals surface area contributed by atoms with Crippen molar-refractivity contribution in [2.45, 2.75) is 71.6 Å². The predicted octanol–water partition coefficient (Wildman–Crippen LogP) is 7.46. The van der Waals surface area contributed by atoms with Gasteiger partial charge in [0.1, 0.15) is 28.9 Å². The number of benzene rings is 1. The van der Waals surface area contributed by atoms with Gasteiger partial charge in [-0.1, -0.05) is 23.4 Å². The molecular weight excluding hydrogens is 720 g/mol. The smallest absolute Gasteiger partial charge is 0.341 e. The lowest BCUT2D eigenvalue weighted by Crippen LogP contribution is -2.46. The lowest BCUT2D eigenvalue weighted by atomic mass is 10.00. The Labute approximate surface area is 315 Å². The number of fused-ring (bicyclic) bond motifs is 2. The number of alkyl halides is 2. The Bertz CT molecular complexity index is 2390. The van der Waals surface area contributed by atoms with Crippen molar-refractivity contribution in [3.8, 4) is 29.0 Å². The maximum absolute atomic E-state index is 14.0. The molecule has 0 N–H and O–H groups in total. The van der Waals surface area contributed by atoms with E-state index in [9.17, 15) is 23.6 Å². The molecule has 10 nitrogen and oxygen atoms in total. The SMILES string of the molecule is Cc1nc2cnc(N(C)C3CCN(CC(C)(F)F)CC3)c(C#N)c2c(=O)n1CC#Cc1ccc(Cl)cc1-c1ccnc2c(C(=O)OC(C)(C)C)csc12. The van der Waals surface area contributed by atoms with E-state index in [1.807, 2.05) is 38.8 Å². The normalized spacial score (nSPS) is 14.2. The van der Waals surface area contributed by atoms with Crippen LogP contribution in [0.4, 0.5) is 14.6 Å². The molecule has 1 aromatic carbocycles. The van der Waals surface area contributed by atoms with Crippen LogP contribution in [0, 0.1) is 30.1 Å². The Morgan fingerprint density at radius 3 is 2.57 bits per heavy atom. The van der Waals surface area contributed by atoms with E-state index in [-0.39, 0.29) is 30.1 Å². The molecule has 0 saturated carbocycles. The van der Waals surface area contributed by atoms with Gasteiger partial charge in [-0.3, -0.25) is 19.2 Å². The second kappa shape index (κ2) is 14.8. The Morgan fingerprint density at radius 2 is 1.89 bits per heavy atom. The number of esters is 1. The fraction of sp³-hybridized carbons (Fsp3) is 0.385. The summed E-state index contributed by atoms with van der Waals surface area (Å²) in [5, 5.41) is 12.7. The molecule has 53 heavy (non-hydrogen) atoms. The lowest BCUT2D eigenvalue weighted by molar-refractivity contribution is -0.0198. The number of rotatable bonds is 7. The number of likely N-dealkylation sites (tertiary alicyclic amines) is 1. The highest BCUT2D eigenvalue weighted by Gasteiger charge is 2.31. The van der Waals surface area contributed by atoms with E-state index in [4.69, 9.17) is 16.3 Å². The summed E-state index contributed by atoms with van der Waals surface area (Å²) in [7, 11) is 1.81. The van der Waals surface area contributed by atoms with Crippen molar-refractivity contribution in [3.05, 3.63) is 79.9 Å². The molecule has 0 unspecified atom stereocenters. The summed E-state index contributed by atoms with van der Waals surface area (Å²) in [5.74, 6) is 3.83. The highest BCUT2D eigenvalue weighted by atomic mass is 35.5. The molecule has 0 radical (unpaired) electrons. The first-order valence-electron chi connectivity index (χ1n) is 17.1. The van der Waals surface area contributed by atoms with Gasteiger partial charge < -0.3 is 9.64 Å². The second-order valence-corrected chi connectivity index (χ2v) is 15.6. The summed E-state index contributed by atoms with van der Waals surface area (Å²) >= 11 is 7.84. The van der Waals surface area contributed by atoms with Crippen LogP contribution in [0.1, 0.15) is 67.8 Å². The average molecular weight is 758 g/mol. The van der Waals surface area contributed by atoms with Gasteiger partial charge in [-0.15, -0.1) is 11.3 Å². The maximum Gasteiger partial charge on any atom is 0.341 e. The lowest BCUT2D eigenvalue weighted by Gasteiger charge is -2.38. The van der Waals surface area contributed by atoms with Gasteiger partial charge in [-0.2, -0.15) is 5.26 Å². The first kappa shape index (κ1) is 37.8. The minimum Gasteiger partial charge on any atom is -0.456 e. The van der Waals surface area contributed by atoms with E-state index in [1.54, 1.807) is 41.6 Å². The summed E-state index contributed by atoms with van der Waals surface area (Å²) < 4.78 is 35.0. The molecule has 1 aliphatic heterocycles. The number of ether oxygens (including phenoxy) is 1. The molecule has 4 aromatic heterocycles. The topological polar surface area (TPSA) is 117 Å². The Balaban J connectivity index is 1.31. The van der Waals surface area contributed by atoms with Crippen LogP contribution in [0.5, 0.6) is 0 Å². The third-order valence-electron chi connectivity index (χ3n) is 9.03. The van der Waals surface area contributed by atoms with E-state index in [0.29, 0.717) is 64.8 Å². The van der Waals surface area contributed by atoms with Gasteiger partial charge in [0.15, 0.2) is 0 Å². The molecule has 1 fully saturated rings. The van der Waals surface area contributed by atoms with Crippen LogP contribution in [0.15, 0.2) is 46.8 Å². The van der Waals surface area contributed by atoms with Crippen molar-refractivity contribution in [1.82, 2.24) is 24.4 Å². The number of carbonyl (C=O) groups is 1. The summed E-state index contributed by atoms with van der Waals surface area (Å²) in [6.07, 6.45) is 4.34. The Kier molecular flexibility index (Phi) is 10.6. The van der Waals surface area contributed by atoms with Crippen LogP contribution in [-0.4, -0.2) is 74.6 Å². The van der Waals surface area contributed by atoms with Crippen LogP contribution in [0.2, 0.25) is 5.02 Å². The van der Waals surface area contributed by atoms with Crippen molar-refractivity contribution in [2.75, 3.05) is 31.6 Å². The summed E-state index contributed by atoms with van der Waals surface area (Å²) in [6, 6.07) is 9.31. The first-order valence-corrected chi connectivity index (χ1v) is 18.3. The fourth-order valence-corrected chi connectivity index (χ4v) is 7.78. The van der Waals surface area contributed by atoms with Crippen molar-refractivity contribution in [3.63, 3.8) is 0 Å². The van der Waals surface area contributed by atoms with Crippen LogP contribution in [0.25, 0.3) is 32.2 Å². The Morgan fingerprint density at radius 1 is 1.15 bits per heavy atom. The molecule has 5 aromatic rings. The van der Waals surface area contributed by atoms with Gasteiger partial charge >= 0.3 is 5.97 Å². The molecule has 14 heteroatoms. The number of carbonyl (C=O) groups excluding carboxylic acids is 1. The number of nitriles is 1. The largest absolute Gasteiger partial charge is 0.456 e. The van der Waals surface area contributed by atoms with Crippen LogP contribution >= 0.6 is 22.9 Å². The molecule has 5 heterocycles. The number of nitrogens with zero attached hydrogens (tertiary/aromatic N) is 7. The summed E-state index contributed by atoms with van der Waals surface area (Å²) in [5.41, 5.74) is 2.39. The molecule has 0 spiro atoms. The van der Waals surface area contributed by atoms with Gasteiger partial charge in [0, 0.05) is 66.4 Å². The highest BCUT2D eigenvalue weighted by molar-refractivity contribution is 7.18. The molecule has 1 saturated heterocycles. The van der Waals surface area contributed by atoms with Crippen molar-refractivity contribution in [2.24, 2.45) is 0 Å². The first-order chi connectivity index (χ1) is 25.0. The fourth-order valence-electron chi connectivity index (χ4n) is 6.58. The minimum absolute atomic E-state index is 0.0118. The van der Waals surface area contributed by atoms with E-state index < -0.39 is 23.1 Å². The van der Waals surface area contributed by atoms with E-state index in [2.05, 4.69) is 32.9 Å². The summed E-state index contributed by atoms with van der Waals surface area (Å²) in [4.78, 5) is 44.2. The number of anilines is 1. The average Bonchev–Trinajstić information content (AvgIpc) is 3.53. The van der Waals surface area contributed by atoms with Gasteiger partial charge in [-0.05, 0) is 64.8 Å². The molecule has 0 bridgehead atoms. The van der Waals surface area contributed by atoms with Crippen LogP contribution in [0.3, 0.4) is 0 Å². The number of aryl methyl sites for hydroxylation is 1. The van der Waals surface area contributed by atoms with Crippen LogP contribution in [-0.2, 0) is 11.3 Å². The third kappa shape index (κ3) is 8.18. The highest BCUT2D eigenvalue weighted by Crippen LogP contribution is 2.37. The van der Waals surface area contributed by atoms with Crippen molar-refractivity contribution >= 4 is 55.8 Å².